The zero-order valence-electron chi connectivity index (χ0n) is 14.8. The molecule has 0 amide bonds. The van der Waals surface area contributed by atoms with E-state index in [-0.39, 0.29) is 6.04 Å². The molecule has 0 radical (unpaired) electrons. The molecule has 3 aromatic rings. The van der Waals surface area contributed by atoms with Crippen LogP contribution < -0.4 is 4.90 Å². The number of aromatic nitrogens is 2. The van der Waals surface area contributed by atoms with Gasteiger partial charge < -0.3 is 4.90 Å². The molecular formula is C21H20Cl2N4. The second-order valence-electron chi connectivity index (χ2n) is 6.58. The summed E-state index contributed by atoms with van der Waals surface area (Å²) in [6, 6.07) is 18.2. The van der Waals surface area contributed by atoms with E-state index < -0.39 is 0 Å². The lowest BCUT2D eigenvalue weighted by molar-refractivity contribution is 0.211. The minimum Gasteiger partial charge on any atom is -0.338 e. The van der Waals surface area contributed by atoms with Crippen LogP contribution in [0.2, 0.25) is 10.0 Å². The highest BCUT2D eigenvalue weighted by Crippen LogP contribution is 2.31. The first-order chi connectivity index (χ1) is 13.2. The summed E-state index contributed by atoms with van der Waals surface area (Å²) in [5, 5.41) is 1.50. The van der Waals surface area contributed by atoms with E-state index in [9.17, 15) is 0 Å². The normalized spacial score (nSPS) is 15.3. The van der Waals surface area contributed by atoms with Crippen molar-refractivity contribution in [3.05, 3.63) is 88.2 Å². The fourth-order valence-electron chi connectivity index (χ4n) is 3.54. The highest BCUT2D eigenvalue weighted by Gasteiger charge is 2.27. The van der Waals surface area contributed by atoms with E-state index in [0.29, 0.717) is 0 Å². The first-order valence-electron chi connectivity index (χ1n) is 8.98. The summed E-state index contributed by atoms with van der Waals surface area (Å²) in [5.41, 5.74) is 2.46. The first-order valence-corrected chi connectivity index (χ1v) is 9.73. The maximum Gasteiger partial charge on any atom is 0.225 e. The third-order valence-electron chi connectivity index (χ3n) is 4.89. The lowest BCUT2D eigenvalue weighted by Gasteiger charge is -2.39. The Hall–Kier alpha value is -2.14. The van der Waals surface area contributed by atoms with Crippen LogP contribution in [0.3, 0.4) is 0 Å². The van der Waals surface area contributed by atoms with Crippen molar-refractivity contribution in [3.8, 4) is 0 Å². The Morgan fingerprint density at radius 3 is 1.67 bits per heavy atom. The zero-order chi connectivity index (χ0) is 18.6. The van der Waals surface area contributed by atoms with Crippen LogP contribution >= 0.6 is 23.2 Å². The maximum absolute atomic E-state index is 6.10. The largest absolute Gasteiger partial charge is 0.338 e. The molecule has 0 saturated carbocycles. The number of nitrogens with zero attached hydrogens (tertiary/aromatic N) is 4. The van der Waals surface area contributed by atoms with Gasteiger partial charge in [0.1, 0.15) is 0 Å². The number of anilines is 1. The summed E-state index contributed by atoms with van der Waals surface area (Å²) in [7, 11) is 0. The van der Waals surface area contributed by atoms with Crippen LogP contribution in [0.5, 0.6) is 0 Å². The van der Waals surface area contributed by atoms with Crippen LogP contribution in [-0.4, -0.2) is 41.0 Å². The van der Waals surface area contributed by atoms with Crippen molar-refractivity contribution in [2.24, 2.45) is 0 Å². The van der Waals surface area contributed by atoms with Crippen molar-refractivity contribution >= 4 is 29.2 Å². The van der Waals surface area contributed by atoms with Crippen molar-refractivity contribution in [1.29, 1.82) is 0 Å². The van der Waals surface area contributed by atoms with E-state index in [1.54, 1.807) is 12.4 Å². The van der Waals surface area contributed by atoms with Crippen molar-refractivity contribution < 1.29 is 0 Å². The smallest absolute Gasteiger partial charge is 0.225 e. The number of hydrogen-bond acceptors (Lipinski definition) is 4. The van der Waals surface area contributed by atoms with Gasteiger partial charge in [-0.15, -0.1) is 0 Å². The summed E-state index contributed by atoms with van der Waals surface area (Å²) in [5.74, 6) is 0.798. The van der Waals surface area contributed by atoms with Gasteiger partial charge in [0.25, 0.3) is 0 Å². The Balaban J connectivity index is 1.58. The number of benzene rings is 2. The van der Waals surface area contributed by atoms with Crippen LogP contribution in [0.1, 0.15) is 17.2 Å². The maximum atomic E-state index is 6.10. The second kappa shape index (κ2) is 8.26. The average molecular weight is 399 g/mol. The van der Waals surface area contributed by atoms with Gasteiger partial charge in [0.15, 0.2) is 0 Å². The first kappa shape index (κ1) is 18.2. The van der Waals surface area contributed by atoms with Crippen molar-refractivity contribution in [2.45, 2.75) is 6.04 Å². The molecule has 4 rings (SSSR count). The summed E-state index contributed by atoms with van der Waals surface area (Å²) in [6.07, 6.45) is 3.58. The fourth-order valence-corrected chi connectivity index (χ4v) is 3.79. The molecule has 1 aliphatic rings. The van der Waals surface area contributed by atoms with Gasteiger partial charge in [0.05, 0.1) is 6.04 Å². The molecule has 0 aliphatic carbocycles. The molecule has 0 unspecified atom stereocenters. The Morgan fingerprint density at radius 2 is 1.19 bits per heavy atom. The molecule has 138 valence electrons. The van der Waals surface area contributed by atoms with Gasteiger partial charge in [-0.05, 0) is 41.5 Å². The lowest BCUT2D eigenvalue weighted by Crippen LogP contribution is -2.48. The Morgan fingerprint density at radius 1 is 0.704 bits per heavy atom. The second-order valence-corrected chi connectivity index (χ2v) is 7.45. The molecule has 0 bridgehead atoms. The minimum atomic E-state index is 0.165. The van der Waals surface area contributed by atoms with Crippen molar-refractivity contribution in [3.63, 3.8) is 0 Å². The van der Waals surface area contributed by atoms with Gasteiger partial charge in [0, 0.05) is 48.6 Å². The highest BCUT2D eigenvalue weighted by atomic mass is 35.5. The molecule has 0 spiro atoms. The van der Waals surface area contributed by atoms with E-state index in [2.05, 4.69) is 44.0 Å². The quantitative estimate of drug-likeness (QED) is 0.637. The van der Waals surface area contributed by atoms with Gasteiger partial charge in [-0.3, -0.25) is 4.90 Å². The molecule has 1 fully saturated rings. The molecule has 0 atom stereocenters. The Kier molecular flexibility index (Phi) is 5.58. The summed E-state index contributed by atoms with van der Waals surface area (Å²) in [6.45, 7) is 3.63. The molecule has 0 N–H and O–H groups in total. The molecule has 1 aliphatic heterocycles. The molecule has 2 aromatic carbocycles. The number of piperazine rings is 1. The monoisotopic (exact) mass is 398 g/mol. The fraction of sp³-hybridized carbons (Fsp3) is 0.238. The molecule has 2 heterocycles. The number of rotatable bonds is 4. The Bertz CT molecular complexity index is 815. The summed E-state index contributed by atoms with van der Waals surface area (Å²) < 4.78 is 0. The number of hydrogen-bond donors (Lipinski definition) is 0. The SMILES string of the molecule is Clc1ccc(C(c2ccc(Cl)cc2)N2CCN(c3ncccn3)CC2)cc1. The average Bonchev–Trinajstić information content (AvgIpc) is 2.72. The van der Waals surface area contributed by atoms with Gasteiger partial charge in [-0.1, -0.05) is 47.5 Å². The molecular weight excluding hydrogens is 379 g/mol. The summed E-state index contributed by atoms with van der Waals surface area (Å²) >= 11 is 12.2. The lowest BCUT2D eigenvalue weighted by atomic mass is 9.96. The predicted molar refractivity (Wildman–Crippen MR) is 111 cm³/mol. The van der Waals surface area contributed by atoms with E-state index in [4.69, 9.17) is 23.2 Å². The highest BCUT2D eigenvalue weighted by molar-refractivity contribution is 6.30. The minimum absolute atomic E-state index is 0.165. The van der Waals surface area contributed by atoms with Crippen LogP contribution in [0.4, 0.5) is 5.95 Å². The van der Waals surface area contributed by atoms with Gasteiger partial charge in [-0.25, -0.2) is 9.97 Å². The Labute approximate surface area is 169 Å². The summed E-state index contributed by atoms with van der Waals surface area (Å²) in [4.78, 5) is 13.5. The molecule has 1 aromatic heterocycles. The van der Waals surface area contributed by atoms with Crippen molar-refractivity contribution in [2.75, 3.05) is 31.1 Å². The van der Waals surface area contributed by atoms with Gasteiger partial charge in [0.2, 0.25) is 5.95 Å². The van der Waals surface area contributed by atoms with Gasteiger partial charge >= 0.3 is 0 Å². The molecule has 4 nitrogen and oxygen atoms in total. The predicted octanol–water partition coefficient (Wildman–Crippen LogP) is 4.70. The topological polar surface area (TPSA) is 32.3 Å². The van der Waals surface area contributed by atoms with E-state index in [1.807, 2.05) is 30.3 Å². The van der Waals surface area contributed by atoms with Gasteiger partial charge in [-0.2, -0.15) is 0 Å². The van der Waals surface area contributed by atoms with Crippen LogP contribution in [0.15, 0.2) is 67.0 Å². The third-order valence-corrected chi connectivity index (χ3v) is 5.39. The van der Waals surface area contributed by atoms with Crippen LogP contribution in [0.25, 0.3) is 0 Å². The molecule has 6 heteroatoms. The van der Waals surface area contributed by atoms with E-state index in [0.717, 1.165) is 42.2 Å². The standard InChI is InChI=1S/C21H20Cl2N4/c22-18-6-2-16(3-7-18)20(17-4-8-19(23)9-5-17)26-12-14-27(15-13-26)21-24-10-1-11-25-21/h1-11,20H,12-15H2. The van der Waals surface area contributed by atoms with Crippen LogP contribution in [0, 0.1) is 0 Å². The van der Waals surface area contributed by atoms with Crippen molar-refractivity contribution in [1.82, 2.24) is 14.9 Å². The van der Waals surface area contributed by atoms with E-state index in [1.165, 1.54) is 11.1 Å². The zero-order valence-corrected chi connectivity index (χ0v) is 16.3. The van der Waals surface area contributed by atoms with E-state index >= 15 is 0 Å². The third kappa shape index (κ3) is 4.24. The number of halogens is 2. The van der Waals surface area contributed by atoms with Crippen LogP contribution in [-0.2, 0) is 0 Å². The molecule has 27 heavy (non-hydrogen) atoms. The molecule has 1 saturated heterocycles.